The monoisotopic (exact) mass is 557 g/mol. The second-order valence-electron chi connectivity index (χ2n) is 9.66. The minimum absolute atomic E-state index is 0.226. The summed E-state index contributed by atoms with van der Waals surface area (Å²) in [5.41, 5.74) is 1.20. The highest BCUT2D eigenvalue weighted by Crippen LogP contribution is 2.29. The number of aromatic nitrogens is 4. The molecule has 204 valence electrons. The third-order valence-electron chi connectivity index (χ3n) is 7.06. The number of thioether (sulfide) groups is 1. The smallest absolute Gasteiger partial charge is 0.251 e. The van der Waals surface area contributed by atoms with Gasteiger partial charge in [-0.1, -0.05) is 25.1 Å². The zero-order valence-corrected chi connectivity index (χ0v) is 23.4. The van der Waals surface area contributed by atoms with E-state index in [4.69, 9.17) is 9.97 Å². The summed E-state index contributed by atoms with van der Waals surface area (Å²) in [6.07, 6.45) is 8.22. The molecule has 2 saturated heterocycles. The van der Waals surface area contributed by atoms with Gasteiger partial charge in [-0.2, -0.15) is 9.40 Å². The van der Waals surface area contributed by atoms with E-state index in [-0.39, 0.29) is 10.8 Å². The van der Waals surface area contributed by atoms with Gasteiger partial charge in [-0.05, 0) is 62.1 Å². The average Bonchev–Trinajstić information content (AvgIpc) is 3.36. The Morgan fingerprint density at radius 3 is 2.34 bits per heavy atom. The fraction of sp³-hybridized carbons (Fsp3) is 0.538. The summed E-state index contributed by atoms with van der Waals surface area (Å²) in [6, 6.07) is 6.18. The number of hydrogen-bond donors (Lipinski definition) is 1. The number of sulfonamides is 1. The van der Waals surface area contributed by atoms with Crippen LogP contribution in [0.15, 0.2) is 40.5 Å². The Bertz CT molecular complexity index is 1360. The van der Waals surface area contributed by atoms with Gasteiger partial charge in [-0.15, -0.1) is 0 Å². The molecule has 3 aromatic rings. The molecule has 2 aliphatic rings. The van der Waals surface area contributed by atoms with E-state index >= 15 is 0 Å². The van der Waals surface area contributed by atoms with E-state index in [9.17, 15) is 13.2 Å². The number of hydrogen-bond acceptors (Lipinski definition) is 8. The molecule has 38 heavy (non-hydrogen) atoms. The Morgan fingerprint density at radius 2 is 1.66 bits per heavy atom. The highest BCUT2D eigenvalue weighted by Gasteiger charge is 2.26. The summed E-state index contributed by atoms with van der Waals surface area (Å²) in [7, 11) is -3.52. The van der Waals surface area contributed by atoms with Crippen molar-refractivity contribution < 1.29 is 13.2 Å². The number of nitrogens with one attached hydrogen (secondary N) is 1. The van der Waals surface area contributed by atoms with Crippen LogP contribution in [0.5, 0.6) is 0 Å². The lowest BCUT2D eigenvalue weighted by molar-refractivity contribution is 0.0952. The molecule has 0 spiro atoms. The van der Waals surface area contributed by atoms with Gasteiger partial charge < -0.3 is 10.2 Å². The quantitative estimate of drug-likeness (QED) is 0.314. The maximum absolute atomic E-state index is 12.9. The van der Waals surface area contributed by atoms with Crippen molar-refractivity contribution in [1.82, 2.24) is 29.4 Å². The van der Waals surface area contributed by atoms with Crippen molar-refractivity contribution in [2.24, 2.45) is 0 Å². The molecular weight excluding hydrogens is 522 g/mol. The molecule has 0 aliphatic carbocycles. The first-order valence-electron chi connectivity index (χ1n) is 13.5. The minimum atomic E-state index is -3.52. The van der Waals surface area contributed by atoms with Gasteiger partial charge in [-0.25, -0.2) is 23.1 Å². The fourth-order valence-electron chi connectivity index (χ4n) is 5.04. The van der Waals surface area contributed by atoms with Crippen molar-refractivity contribution in [3.8, 4) is 0 Å². The van der Waals surface area contributed by atoms with E-state index in [0.29, 0.717) is 31.7 Å². The van der Waals surface area contributed by atoms with Crippen molar-refractivity contribution in [3.63, 3.8) is 0 Å². The number of amides is 1. The third-order valence-corrected chi connectivity index (χ3v) is 9.71. The SMILES string of the molecule is CCSc1nc(N2CCCCC2)c2cnn(CCNC(=O)c3ccc(S(=O)(=O)N4CCCCC4)cc3)c2n1. The Hall–Kier alpha value is -2.70. The van der Waals surface area contributed by atoms with E-state index in [1.807, 2.05) is 10.9 Å². The lowest BCUT2D eigenvalue weighted by Gasteiger charge is -2.28. The first-order valence-corrected chi connectivity index (χ1v) is 15.9. The number of rotatable bonds is 9. The summed E-state index contributed by atoms with van der Waals surface area (Å²) in [5.74, 6) is 1.57. The fourth-order valence-corrected chi connectivity index (χ4v) is 7.11. The lowest BCUT2D eigenvalue weighted by Crippen LogP contribution is -2.35. The van der Waals surface area contributed by atoms with Crippen LogP contribution in [-0.2, 0) is 16.6 Å². The van der Waals surface area contributed by atoms with Gasteiger partial charge in [0.05, 0.1) is 23.0 Å². The van der Waals surface area contributed by atoms with Crippen molar-refractivity contribution in [1.29, 1.82) is 0 Å². The highest BCUT2D eigenvalue weighted by atomic mass is 32.2. The third kappa shape index (κ3) is 5.81. The van der Waals surface area contributed by atoms with Crippen LogP contribution in [0.1, 0.15) is 55.8 Å². The number of piperidine rings is 2. The van der Waals surface area contributed by atoms with E-state index < -0.39 is 10.0 Å². The average molecular weight is 558 g/mol. The second kappa shape index (κ2) is 12.0. The molecule has 0 unspecified atom stereocenters. The molecule has 4 heterocycles. The molecule has 2 aromatic heterocycles. The van der Waals surface area contributed by atoms with E-state index in [2.05, 4.69) is 22.2 Å². The normalized spacial score (nSPS) is 17.1. The standard InChI is InChI=1S/C26H35N7O3S2/c1-2-37-26-29-23(31-14-5-3-6-15-31)22-19-28-33(24(22)30-26)18-13-27-25(34)20-9-11-21(12-10-20)38(35,36)32-16-7-4-8-17-32/h9-12,19H,2-8,13-18H2,1H3,(H,27,34). The van der Waals surface area contributed by atoms with Crippen molar-refractivity contribution in [3.05, 3.63) is 36.0 Å². The molecule has 0 atom stereocenters. The molecule has 1 amide bonds. The van der Waals surface area contributed by atoms with Crippen LogP contribution in [-0.4, -0.2) is 76.9 Å². The van der Waals surface area contributed by atoms with E-state index in [1.165, 1.54) is 22.9 Å². The summed E-state index contributed by atoms with van der Waals surface area (Å²) in [6.45, 7) is 5.99. The molecule has 1 N–H and O–H groups in total. The summed E-state index contributed by atoms with van der Waals surface area (Å²) in [4.78, 5) is 24.9. The zero-order chi connectivity index (χ0) is 26.5. The van der Waals surface area contributed by atoms with E-state index in [0.717, 1.165) is 73.0 Å². The van der Waals surface area contributed by atoms with Crippen LogP contribution in [0.4, 0.5) is 5.82 Å². The topological polar surface area (TPSA) is 113 Å². The molecule has 2 aliphatic heterocycles. The maximum Gasteiger partial charge on any atom is 0.251 e. The molecule has 2 fully saturated rings. The Kier molecular flexibility index (Phi) is 8.49. The molecule has 0 radical (unpaired) electrons. The lowest BCUT2D eigenvalue weighted by atomic mass is 10.1. The molecule has 1 aromatic carbocycles. The van der Waals surface area contributed by atoms with Crippen molar-refractivity contribution in [2.45, 2.75) is 62.0 Å². The Labute approximate surface area is 228 Å². The maximum atomic E-state index is 12.9. The molecular formula is C26H35N7O3S2. The summed E-state index contributed by atoms with van der Waals surface area (Å²) >= 11 is 1.61. The van der Waals surface area contributed by atoms with Crippen LogP contribution in [0, 0.1) is 0 Å². The van der Waals surface area contributed by atoms with Gasteiger partial charge in [-0.3, -0.25) is 4.79 Å². The predicted molar refractivity (Wildman–Crippen MR) is 149 cm³/mol. The second-order valence-corrected chi connectivity index (χ2v) is 12.8. The molecule has 12 heteroatoms. The Balaban J connectivity index is 1.25. The van der Waals surface area contributed by atoms with E-state index in [1.54, 1.807) is 23.9 Å². The van der Waals surface area contributed by atoms with Crippen LogP contribution in [0.25, 0.3) is 11.0 Å². The molecule has 5 rings (SSSR count). The first-order chi connectivity index (χ1) is 18.5. The summed E-state index contributed by atoms with van der Waals surface area (Å²) in [5, 5.41) is 9.16. The number of benzene rings is 1. The molecule has 0 bridgehead atoms. The van der Waals surface area contributed by atoms with Crippen LogP contribution >= 0.6 is 11.8 Å². The molecule has 10 nitrogen and oxygen atoms in total. The number of fused-ring (bicyclic) bond motifs is 1. The van der Waals surface area contributed by atoms with Gasteiger partial charge in [0.1, 0.15) is 5.82 Å². The van der Waals surface area contributed by atoms with Crippen molar-refractivity contribution in [2.75, 3.05) is 43.4 Å². The predicted octanol–water partition coefficient (Wildman–Crippen LogP) is 3.53. The van der Waals surface area contributed by atoms with Gasteiger partial charge in [0, 0.05) is 38.3 Å². The number of anilines is 1. The largest absolute Gasteiger partial charge is 0.356 e. The number of nitrogens with zero attached hydrogens (tertiary/aromatic N) is 6. The Morgan fingerprint density at radius 1 is 0.974 bits per heavy atom. The van der Waals surface area contributed by atoms with Gasteiger partial charge in [0.25, 0.3) is 5.91 Å². The van der Waals surface area contributed by atoms with Gasteiger partial charge >= 0.3 is 0 Å². The van der Waals surface area contributed by atoms with Crippen LogP contribution < -0.4 is 10.2 Å². The minimum Gasteiger partial charge on any atom is -0.356 e. The number of carbonyl (C=O) groups is 1. The summed E-state index contributed by atoms with van der Waals surface area (Å²) < 4.78 is 29.1. The zero-order valence-electron chi connectivity index (χ0n) is 21.8. The van der Waals surface area contributed by atoms with Crippen LogP contribution in [0.3, 0.4) is 0 Å². The first kappa shape index (κ1) is 26.9. The van der Waals surface area contributed by atoms with Crippen LogP contribution in [0.2, 0.25) is 0 Å². The van der Waals surface area contributed by atoms with Crippen molar-refractivity contribution >= 4 is 44.5 Å². The number of carbonyl (C=O) groups excluding carboxylic acids is 1. The van der Waals surface area contributed by atoms with Gasteiger partial charge in [0.2, 0.25) is 10.0 Å². The highest BCUT2D eigenvalue weighted by molar-refractivity contribution is 7.99. The molecule has 0 saturated carbocycles. The van der Waals surface area contributed by atoms with Gasteiger partial charge in [0.15, 0.2) is 10.8 Å².